The number of carbonyl (C=O) groups excluding carboxylic acids is 1. The molecule has 0 radical (unpaired) electrons. The fraction of sp³-hybridized carbons (Fsp3) is 0.346. The molecule has 7 heteroatoms. The zero-order valence-corrected chi connectivity index (χ0v) is 19.3. The number of aromatic nitrogens is 2. The van der Waals surface area contributed by atoms with Crippen molar-refractivity contribution < 1.29 is 13.9 Å². The second-order valence-corrected chi connectivity index (χ2v) is 8.50. The van der Waals surface area contributed by atoms with Gasteiger partial charge in [0.15, 0.2) is 0 Å². The molecule has 1 atom stereocenters. The lowest BCUT2D eigenvalue weighted by Gasteiger charge is -2.36. The molecular formula is C26H29FN4O2. The van der Waals surface area contributed by atoms with Crippen LogP contribution in [0.3, 0.4) is 0 Å². The van der Waals surface area contributed by atoms with Crippen LogP contribution in [-0.4, -0.2) is 48.5 Å². The molecule has 172 valence electrons. The minimum absolute atomic E-state index is 0.0446. The third kappa shape index (κ3) is 5.13. The van der Waals surface area contributed by atoms with E-state index in [1.165, 1.54) is 12.1 Å². The van der Waals surface area contributed by atoms with E-state index in [4.69, 9.17) is 9.72 Å². The summed E-state index contributed by atoms with van der Waals surface area (Å²) in [5.74, 6) is 1.03. The molecule has 0 aliphatic carbocycles. The summed E-state index contributed by atoms with van der Waals surface area (Å²) in [5.41, 5.74) is 3.14. The predicted molar refractivity (Wildman–Crippen MR) is 127 cm³/mol. The zero-order chi connectivity index (χ0) is 23.4. The lowest BCUT2D eigenvalue weighted by atomic mass is 9.93. The fourth-order valence-electron chi connectivity index (χ4n) is 4.31. The number of ether oxygens (including phenoxy) is 1. The Morgan fingerprint density at radius 3 is 2.76 bits per heavy atom. The first-order chi connectivity index (χ1) is 16.0. The van der Waals surface area contributed by atoms with Crippen LogP contribution in [0.1, 0.15) is 36.6 Å². The van der Waals surface area contributed by atoms with Gasteiger partial charge >= 0.3 is 0 Å². The average molecular weight is 449 g/mol. The van der Waals surface area contributed by atoms with Crippen molar-refractivity contribution >= 4 is 11.9 Å². The second kappa shape index (κ2) is 9.98. The molecule has 0 spiro atoms. The molecule has 2 aromatic carbocycles. The Balaban J connectivity index is 1.71. The molecule has 0 unspecified atom stereocenters. The highest BCUT2D eigenvalue weighted by Crippen LogP contribution is 2.37. The Morgan fingerprint density at radius 1 is 1.18 bits per heavy atom. The van der Waals surface area contributed by atoms with E-state index >= 15 is 0 Å². The quantitative estimate of drug-likeness (QED) is 0.549. The fourth-order valence-corrected chi connectivity index (χ4v) is 4.31. The van der Waals surface area contributed by atoms with Gasteiger partial charge in [-0.25, -0.2) is 14.4 Å². The number of carbonyl (C=O) groups is 1. The SMILES string of the molecule is COc1cccc(CC(=O)N2CCCC[C@@H]2c2nc(N(C)C)ncc2-c2cccc(F)c2)c1. The van der Waals surface area contributed by atoms with Crippen LogP contribution in [-0.2, 0) is 11.2 Å². The number of likely N-dealkylation sites (tertiary alicyclic amines) is 1. The molecule has 2 heterocycles. The summed E-state index contributed by atoms with van der Waals surface area (Å²) < 4.78 is 19.3. The summed E-state index contributed by atoms with van der Waals surface area (Å²) >= 11 is 0. The summed E-state index contributed by atoms with van der Waals surface area (Å²) in [5, 5.41) is 0. The van der Waals surface area contributed by atoms with E-state index in [0.29, 0.717) is 18.1 Å². The van der Waals surface area contributed by atoms with Crippen LogP contribution in [0.4, 0.5) is 10.3 Å². The van der Waals surface area contributed by atoms with E-state index < -0.39 is 0 Å². The molecule has 0 bridgehead atoms. The van der Waals surface area contributed by atoms with Crippen molar-refractivity contribution in [2.45, 2.75) is 31.7 Å². The Bertz CT molecular complexity index is 1130. The van der Waals surface area contributed by atoms with Crippen LogP contribution in [0.2, 0.25) is 0 Å². The highest BCUT2D eigenvalue weighted by Gasteiger charge is 2.31. The summed E-state index contributed by atoms with van der Waals surface area (Å²) in [6.45, 7) is 0.664. The van der Waals surface area contributed by atoms with Gasteiger partial charge in [0.1, 0.15) is 11.6 Å². The van der Waals surface area contributed by atoms with Crippen LogP contribution in [0.5, 0.6) is 5.75 Å². The van der Waals surface area contributed by atoms with Crippen LogP contribution in [0, 0.1) is 5.82 Å². The van der Waals surface area contributed by atoms with E-state index in [0.717, 1.165) is 41.8 Å². The van der Waals surface area contributed by atoms with Crippen LogP contribution < -0.4 is 9.64 Å². The smallest absolute Gasteiger partial charge is 0.227 e. The van der Waals surface area contributed by atoms with Gasteiger partial charge in [0.05, 0.1) is 25.3 Å². The van der Waals surface area contributed by atoms with Crippen LogP contribution in [0.15, 0.2) is 54.7 Å². The molecule has 0 saturated carbocycles. The van der Waals surface area contributed by atoms with Gasteiger partial charge in [-0.1, -0.05) is 24.3 Å². The summed E-state index contributed by atoms with van der Waals surface area (Å²) in [7, 11) is 5.38. The number of anilines is 1. The van der Waals surface area contributed by atoms with Gasteiger partial charge in [0.2, 0.25) is 11.9 Å². The van der Waals surface area contributed by atoms with Crippen molar-refractivity contribution in [3.05, 3.63) is 71.8 Å². The van der Waals surface area contributed by atoms with Gasteiger partial charge in [0, 0.05) is 32.4 Å². The van der Waals surface area contributed by atoms with Gasteiger partial charge in [-0.2, -0.15) is 0 Å². The van der Waals surface area contributed by atoms with Crippen molar-refractivity contribution in [2.75, 3.05) is 32.6 Å². The van der Waals surface area contributed by atoms with Gasteiger partial charge < -0.3 is 14.5 Å². The highest BCUT2D eigenvalue weighted by molar-refractivity contribution is 5.80. The topological polar surface area (TPSA) is 58.6 Å². The Hall–Kier alpha value is -3.48. The Labute approximate surface area is 194 Å². The molecule has 4 rings (SSSR count). The molecule has 1 aliphatic rings. The Kier molecular flexibility index (Phi) is 6.87. The number of hydrogen-bond donors (Lipinski definition) is 0. The molecule has 1 aliphatic heterocycles. The number of hydrogen-bond acceptors (Lipinski definition) is 5. The maximum Gasteiger partial charge on any atom is 0.227 e. The number of halogens is 1. The third-order valence-electron chi connectivity index (χ3n) is 5.97. The predicted octanol–water partition coefficient (Wildman–Crippen LogP) is 4.65. The van der Waals surface area contributed by atoms with Crippen molar-refractivity contribution in [2.24, 2.45) is 0 Å². The summed E-state index contributed by atoms with van der Waals surface area (Å²) in [4.78, 5) is 26.5. The lowest BCUT2D eigenvalue weighted by Crippen LogP contribution is -2.40. The summed E-state index contributed by atoms with van der Waals surface area (Å²) in [6, 6.07) is 13.8. The third-order valence-corrected chi connectivity index (χ3v) is 5.97. The molecule has 1 saturated heterocycles. The minimum Gasteiger partial charge on any atom is -0.497 e. The normalized spacial score (nSPS) is 15.9. The van der Waals surface area contributed by atoms with Crippen LogP contribution in [0.25, 0.3) is 11.1 Å². The first-order valence-electron chi connectivity index (χ1n) is 11.2. The number of methoxy groups -OCH3 is 1. The number of amides is 1. The lowest BCUT2D eigenvalue weighted by molar-refractivity contribution is -0.134. The number of rotatable bonds is 6. The maximum absolute atomic E-state index is 14.0. The minimum atomic E-state index is -0.315. The Morgan fingerprint density at radius 2 is 2.00 bits per heavy atom. The molecule has 0 N–H and O–H groups in total. The molecule has 33 heavy (non-hydrogen) atoms. The van der Waals surface area contributed by atoms with Gasteiger partial charge in [-0.3, -0.25) is 4.79 Å². The van der Waals surface area contributed by atoms with Gasteiger partial charge in [-0.15, -0.1) is 0 Å². The molecular weight excluding hydrogens is 419 g/mol. The van der Waals surface area contributed by atoms with Crippen molar-refractivity contribution in [3.8, 4) is 16.9 Å². The van der Waals surface area contributed by atoms with E-state index in [1.807, 2.05) is 54.2 Å². The maximum atomic E-state index is 14.0. The van der Waals surface area contributed by atoms with Crippen LogP contribution >= 0.6 is 0 Å². The highest BCUT2D eigenvalue weighted by atomic mass is 19.1. The average Bonchev–Trinajstić information content (AvgIpc) is 2.83. The van der Waals surface area contributed by atoms with E-state index in [1.54, 1.807) is 19.4 Å². The van der Waals surface area contributed by atoms with Gasteiger partial charge in [0.25, 0.3) is 0 Å². The number of benzene rings is 2. The van der Waals surface area contributed by atoms with Crippen molar-refractivity contribution in [1.29, 1.82) is 0 Å². The largest absolute Gasteiger partial charge is 0.497 e. The summed E-state index contributed by atoms with van der Waals surface area (Å²) in [6.07, 6.45) is 4.77. The first-order valence-corrected chi connectivity index (χ1v) is 11.2. The molecule has 3 aromatic rings. The molecule has 1 fully saturated rings. The number of nitrogens with zero attached hydrogens (tertiary/aromatic N) is 4. The van der Waals surface area contributed by atoms with E-state index in [-0.39, 0.29) is 24.2 Å². The van der Waals surface area contributed by atoms with Gasteiger partial charge in [-0.05, 0) is 54.7 Å². The van der Waals surface area contributed by atoms with Crippen molar-refractivity contribution in [1.82, 2.24) is 14.9 Å². The molecule has 1 aromatic heterocycles. The standard InChI is InChI=1S/C26H29FN4O2/c1-30(2)26-28-17-22(19-9-7-10-20(27)16-19)25(29-26)23-12-4-5-13-31(23)24(32)15-18-8-6-11-21(14-18)33-3/h6-11,14,16-17,23H,4-5,12-13,15H2,1-3H3/t23-/m1/s1. The zero-order valence-electron chi connectivity index (χ0n) is 19.3. The first kappa shape index (κ1) is 22.7. The van der Waals surface area contributed by atoms with Crippen molar-refractivity contribution in [3.63, 3.8) is 0 Å². The van der Waals surface area contributed by atoms with E-state index in [2.05, 4.69) is 4.98 Å². The second-order valence-electron chi connectivity index (χ2n) is 8.50. The molecule has 1 amide bonds. The molecule has 6 nitrogen and oxygen atoms in total. The monoisotopic (exact) mass is 448 g/mol. The van der Waals surface area contributed by atoms with E-state index in [9.17, 15) is 9.18 Å². The number of piperidine rings is 1.